The lowest BCUT2D eigenvalue weighted by Crippen LogP contribution is -2.14. The monoisotopic (exact) mass is 376 g/mol. The number of hydrogen-bond donors (Lipinski definition) is 1. The first-order valence-corrected chi connectivity index (χ1v) is 9.78. The molecule has 26 heavy (non-hydrogen) atoms. The second-order valence-electron chi connectivity index (χ2n) is 5.81. The van der Waals surface area contributed by atoms with Crippen molar-refractivity contribution in [2.45, 2.75) is 12.7 Å². The fraction of sp³-hybridized carbons (Fsp3) is 0.0909. The molecule has 0 atom stereocenters. The molecular weight excluding hydrogens is 356 g/mol. The molecule has 130 valence electrons. The molecule has 0 bridgehead atoms. The summed E-state index contributed by atoms with van der Waals surface area (Å²) in [4.78, 5) is 0. The lowest BCUT2D eigenvalue weighted by molar-refractivity contribution is 1.06. The second kappa shape index (κ2) is 9.32. The smallest absolute Gasteiger partial charge is 0.154 e. The van der Waals surface area contributed by atoms with Gasteiger partial charge in [0.25, 0.3) is 0 Å². The molecule has 0 aliphatic rings. The van der Waals surface area contributed by atoms with Gasteiger partial charge >= 0.3 is 0 Å². The highest BCUT2D eigenvalue weighted by Gasteiger charge is 2.02. The molecule has 0 aromatic heterocycles. The number of benzene rings is 3. The Balaban J connectivity index is 1.56. The summed E-state index contributed by atoms with van der Waals surface area (Å²) in [5.74, 6) is 0.840. The first kappa shape index (κ1) is 18.4. The van der Waals surface area contributed by atoms with Crippen molar-refractivity contribution in [3.05, 3.63) is 96.1 Å². The van der Waals surface area contributed by atoms with Crippen molar-refractivity contribution in [3.63, 3.8) is 0 Å². The van der Waals surface area contributed by atoms with Crippen LogP contribution in [0.1, 0.15) is 18.1 Å². The van der Waals surface area contributed by atoms with Gasteiger partial charge in [-0.2, -0.15) is 5.10 Å². The van der Waals surface area contributed by atoms with Crippen LogP contribution in [0.4, 0.5) is 0 Å². The van der Waals surface area contributed by atoms with Crippen LogP contribution in [0.5, 0.6) is 0 Å². The highest BCUT2D eigenvalue weighted by Crippen LogP contribution is 2.19. The summed E-state index contributed by atoms with van der Waals surface area (Å²) < 4.78 is 0.675. The zero-order valence-electron chi connectivity index (χ0n) is 14.6. The van der Waals surface area contributed by atoms with Crippen molar-refractivity contribution in [1.82, 2.24) is 5.43 Å². The minimum atomic E-state index is 0.675. The predicted molar refractivity (Wildman–Crippen MR) is 118 cm³/mol. The quantitative estimate of drug-likeness (QED) is 0.341. The van der Waals surface area contributed by atoms with E-state index < -0.39 is 0 Å². The van der Waals surface area contributed by atoms with Crippen molar-refractivity contribution < 1.29 is 0 Å². The third-order valence-electron chi connectivity index (χ3n) is 3.94. The molecule has 0 aliphatic heterocycles. The number of thioether (sulfide) groups is 1. The lowest BCUT2D eigenvalue weighted by Gasteiger charge is -2.06. The average Bonchev–Trinajstić information content (AvgIpc) is 2.72. The Kier molecular flexibility index (Phi) is 6.58. The fourth-order valence-corrected chi connectivity index (χ4v) is 3.31. The van der Waals surface area contributed by atoms with Crippen molar-refractivity contribution in [3.8, 4) is 11.1 Å². The summed E-state index contributed by atoms with van der Waals surface area (Å²) in [6, 6.07) is 29.0. The standard InChI is InChI=1S/C22H20N2S2/c1-17(23-24-22(25)26-16-18-8-4-2-5-9-18)19-12-14-21(15-13-19)20-10-6-3-7-11-20/h2-15H,16H2,1H3,(H,24,25)/b23-17+. The van der Waals surface area contributed by atoms with Crippen LogP contribution in [0, 0.1) is 0 Å². The molecule has 3 rings (SSSR count). The Morgan fingerprint density at radius 3 is 2.08 bits per heavy atom. The Labute approximate surface area is 164 Å². The van der Waals surface area contributed by atoms with Gasteiger partial charge < -0.3 is 0 Å². The van der Waals surface area contributed by atoms with E-state index in [-0.39, 0.29) is 0 Å². The minimum absolute atomic E-state index is 0.675. The van der Waals surface area contributed by atoms with Gasteiger partial charge in [0.05, 0.1) is 5.71 Å². The van der Waals surface area contributed by atoms with E-state index in [2.05, 4.69) is 59.1 Å². The molecule has 0 saturated carbocycles. The van der Waals surface area contributed by atoms with Crippen LogP contribution in [0.3, 0.4) is 0 Å². The van der Waals surface area contributed by atoms with E-state index in [4.69, 9.17) is 12.2 Å². The van der Waals surface area contributed by atoms with Crippen LogP contribution < -0.4 is 5.43 Å². The zero-order valence-corrected chi connectivity index (χ0v) is 16.2. The van der Waals surface area contributed by atoms with Gasteiger partial charge in [-0.05, 0) is 29.2 Å². The maximum Gasteiger partial charge on any atom is 0.154 e. The van der Waals surface area contributed by atoms with E-state index >= 15 is 0 Å². The average molecular weight is 377 g/mol. The minimum Gasteiger partial charge on any atom is -0.262 e. The van der Waals surface area contributed by atoms with Gasteiger partial charge in [0, 0.05) is 5.75 Å². The molecule has 0 unspecified atom stereocenters. The van der Waals surface area contributed by atoms with Gasteiger partial charge in [0.15, 0.2) is 4.32 Å². The molecule has 0 amide bonds. The van der Waals surface area contributed by atoms with Gasteiger partial charge in [0.1, 0.15) is 0 Å². The van der Waals surface area contributed by atoms with E-state index in [0.29, 0.717) is 4.32 Å². The Hall–Kier alpha value is -2.43. The van der Waals surface area contributed by atoms with Crippen molar-refractivity contribution in [1.29, 1.82) is 0 Å². The molecule has 4 heteroatoms. The number of hydrazone groups is 1. The molecule has 0 saturated heterocycles. The fourth-order valence-electron chi connectivity index (χ4n) is 2.48. The number of nitrogens with one attached hydrogen (secondary N) is 1. The summed E-state index contributed by atoms with van der Waals surface area (Å²) in [6.45, 7) is 1.98. The molecule has 0 spiro atoms. The molecule has 3 aromatic rings. The van der Waals surface area contributed by atoms with Gasteiger partial charge in [-0.1, -0.05) is 109 Å². The van der Waals surface area contributed by atoms with Crippen LogP contribution in [-0.2, 0) is 5.75 Å². The summed E-state index contributed by atoms with van der Waals surface area (Å²) in [7, 11) is 0. The molecule has 0 heterocycles. The van der Waals surface area contributed by atoms with E-state index in [1.165, 1.54) is 16.7 Å². The summed E-state index contributed by atoms with van der Waals surface area (Å²) in [5.41, 5.74) is 8.63. The SMILES string of the molecule is C/C(=N\NC(=S)SCc1ccccc1)c1ccc(-c2ccccc2)cc1. The Bertz CT molecular complexity index is 873. The van der Waals surface area contributed by atoms with Gasteiger partial charge in [-0.25, -0.2) is 0 Å². The normalized spacial score (nSPS) is 11.2. The maximum absolute atomic E-state index is 5.35. The van der Waals surface area contributed by atoms with E-state index in [0.717, 1.165) is 17.0 Å². The maximum atomic E-state index is 5.35. The van der Waals surface area contributed by atoms with Gasteiger partial charge in [-0.3, -0.25) is 5.43 Å². The lowest BCUT2D eigenvalue weighted by atomic mass is 10.0. The molecule has 3 aromatic carbocycles. The van der Waals surface area contributed by atoms with Crippen molar-refractivity contribution >= 4 is 34.0 Å². The van der Waals surface area contributed by atoms with E-state index in [9.17, 15) is 0 Å². The second-order valence-corrected chi connectivity index (χ2v) is 7.47. The summed E-state index contributed by atoms with van der Waals surface area (Å²) in [5, 5.41) is 4.41. The van der Waals surface area contributed by atoms with Crippen LogP contribution in [0.25, 0.3) is 11.1 Å². The molecule has 1 N–H and O–H groups in total. The number of hydrogen-bond acceptors (Lipinski definition) is 3. The first-order chi connectivity index (χ1) is 12.7. The Morgan fingerprint density at radius 2 is 1.42 bits per heavy atom. The molecule has 0 fully saturated rings. The topological polar surface area (TPSA) is 24.4 Å². The van der Waals surface area contributed by atoms with Crippen molar-refractivity contribution in [2.75, 3.05) is 0 Å². The van der Waals surface area contributed by atoms with Crippen LogP contribution in [0.2, 0.25) is 0 Å². The largest absolute Gasteiger partial charge is 0.262 e. The van der Waals surface area contributed by atoms with Crippen LogP contribution in [-0.4, -0.2) is 10.0 Å². The number of thiocarbonyl (C=S) groups is 1. The molecular formula is C22H20N2S2. The van der Waals surface area contributed by atoms with Crippen LogP contribution >= 0.6 is 24.0 Å². The third-order valence-corrected chi connectivity index (χ3v) is 5.21. The molecule has 2 nitrogen and oxygen atoms in total. The molecule has 0 aliphatic carbocycles. The van der Waals surface area contributed by atoms with Crippen LogP contribution in [0.15, 0.2) is 90.0 Å². The summed E-state index contributed by atoms with van der Waals surface area (Å²) >= 11 is 6.93. The number of rotatable bonds is 5. The third kappa shape index (κ3) is 5.28. The predicted octanol–water partition coefficient (Wildman–Crippen LogP) is 5.89. The Morgan fingerprint density at radius 1 is 0.846 bits per heavy atom. The van der Waals surface area contributed by atoms with E-state index in [1.807, 2.05) is 43.3 Å². The van der Waals surface area contributed by atoms with E-state index in [1.54, 1.807) is 11.8 Å². The molecule has 0 radical (unpaired) electrons. The zero-order chi connectivity index (χ0) is 18.2. The highest BCUT2D eigenvalue weighted by atomic mass is 32.2. The summed E-state index contributed by atoms with van der Waals surface area (Å²) in [6.07, 6.45) is 0. The van der Waals surface area contributed by atoms with Gasteiger partial charge in [-0.15, -0.1) is 0 Å². The number of nitrogens with zero attached hydrogens (tertiary/aromatic N) is 1. The highest BCUT2D eigenvalue weighted by molar-refractivity contribution is 8.22. The van der Waals surface area contributed by atoms with Gasteiger partial charge in [0.2, 0.25) is 0 Å². The first-order valence-electron chi connectivity index (χ1n) is 8.39. The van der Waals surface area contributed by atoms with Crippen molar-refractivity contribution in [2.24, 2.45) is 5.10 Å².